The summed E-state index contributed by atoms with van der Waals surface area (Å²) in [6, 6.07) is 16.5. The van der Waals surface area contributed by atoms with Crippen LogP contribution in [0.5, 0.6) is 11.5 Å². The van der Waals surface area contributed by atoms with E-state index >= 15 is 0 Å². The summed E-state index contributed by atoms with van der Waals surface area (Å²) >= 11 is 0. The zero-order valence-electron chi connectivity index (χ0n) is 17.4. The molecule has 0 spiro atoms. The molecule has 4 nitrogen and oxygen atoms in total. The lowest BCUT2D eigenvalue weighted by atomic mass is 9.67. The van der Waals surface area contributed by atoms with E-state index in [1.165, 1.54) is 5.56 Å². The second-order valence-corrected chi connectivity index (χ2v) is 8.10. The molecule has 1 saturated heterocycles. The monoisotopic (exact) mass is 381 g/mol. The van der Waals surface area contributed by atoms with E-state index in [1.54, 1.807) is 14.2 Å². The second-order valence-electron chi connectivity index (χ2n) is 8.10. The van der Waals surface area contributed by atoms with E-state index in [2.05, 4.69) is 38.1 Å². The highest BCUT2D eigenvalue weighted by Crippen LogP contribution is 2.44. The number of nitrogens with zero attached hydrogens (tertiary/aromatic N) is 1. The first-order chi connectivity index (χ1) is 13.5. The topological polar surface area (TPSA) is 40.0 Å². The van der Waals surface area contributed by atoms with E-state index in [1.807, 2.05) is 30.5 Å². The van der Waals surface area contributed by atoms with Crippen LogP contribution in [-0.4, -0.2) is 39.2 Å². The molecule has 1 aliphatic rings. The smallest absolute Gasteiger partial charge is 0.118 e. The first-order valence-corrected chi connectivity index (χ1v) is 9.89. The van der Waals surface area contributed by atoms with E-state index in [4.69, 9.17) is 19.2 Å². The fourth-order valence-corrected chi connectivity index (χ4v) is 4.16. The molecule has 28 heavy (non-hydrogen) atoms. The van der Waals surface area contributed by atoms with Crippen molar-refractivity contribution in [1.29, 1.82) is 0 Å². The molecule has 0 saturated carbocycles. The fourth-order valence-electron chi connectivity index (χ4n) is 4.16. The summed E-state index contributed by atoms with van der Waals surface area (Å²) < 4.78 is 16.6. The summed E-state index contributed by atoms with van der Waals surface area (Å²) in [7, 11) is 3.38. The molecule has 3 rings (SSSR count). The molecule has 1 fully saturated rings. The molecule has 2 aromatic rings. The van der Waals surface area contributed by atoms with Gasteiger partial charge < -0.3 is 14.2 Å². The number of ether oxygens (including phenoxy) is 3. The van der Waals surface area contributed by atoms with Gasteiger partial charge in [-0.25, -0.2) is 0 Å². The molecular formula is C24H31NO3. The third-order valence-corrected chi connectivity index (χ3v) is 5.62. The quantitative estimate of drug-likeness (QED) is 0.631. The van der Waals surface area contributed by atoms with Crippen molar-refractivity contribution in [2.24, 2.45) is 4.99 Å². The molecule has 2 aromatic carbocycles. The fraction of sp³-hybridized carbons (Fsp3) is 0.458. The molecule has 1 heterocycles. The first-order valence-electron chi connectivity index (χ1n) is 9.89. The number of aliphatic imine (C=N–C) groups is 1. The maximum absolute atomic E-state index is 6.01. The maximum Gasteiger partial charge on any atom is 0.118 e. The molecular weight excluding hydrogens is 350 g/mol. The number of benzene rings is 2. The molecule has 4 heteroatoms. The van der Waals surface area contributed by atoms with Gasteiger partial charge in [-0.15, -0.1) is 0 Å². The van der Waals surface area contributed by atoms with Gasteiger partial charge in [-0.2, -0.15) is 0 Å². The van der Waals surface area contributed by atoms with Crippen LogP contribution in [0.25, 0.3) is 0 Å². The zero-order valence-corrected chi connectivity index (χ0v) is 17.4. The summed E-state index contributed by atoms with van der Waals surface area (Å²) in [4.78, 5) is 4.71. The Hall–Kier alpha value is -2.33. The summed E-state index contributed by atoms with van der Waals surface area (Å²) in [6.45, 7) is 5.94. The highest BCUT2D eigenvalue weighted by molar-refractivity contribution is 5.79. The SMILES string of the molecule is COc1ccc(C=NCC[C@@]2(c3ccc(OC)cc3)CCOC(C)(C)C2)cc1. The lowest BCUT2D eigenvalue weighted by Crippen LogP contribution is -2.44. The summed E-state index contributed by atoms with van der Waals surface area (Å²) in [5, 5.41) is 0. The Labute approximate surface area is 168 Å². The highest BCUT2D eigenvalue weighted by atomic mass is 16.5. The minimum atomic E-state index is -0.127. The first kappa shape index (κ1) is 20.4. The minimum absolute atomic E-state index is 0.0747. The van der Waals surface area contributed by atoms with Crippen LogP contribution in [0.1, 0.15) is 44.2 Å². The summed E-state index contributed by atoms with van der Waals surface area (Å²) in [6.07, 6.45) is 4.95. The van der Waals surface area contributed by atoms with E-state index in [0.29, 0.717) is 0 Å². The van der Waals surface area contributed by atoms with Crippen molar-refractivity contribution in [1.82, 2.24) is 0 Å². The van der Waals surface area contributed by atoms with Gasteiger partial charge in [0.1, 0.15) is 11.5 Å². The minimum Gasteiger partial charge on any atom is -0.497 e. The third-order valence-electron chi connectivity index (χ3n) is 5.62. The normalized spacial score (nSPS) is 21.6. The van der Waals surface area contributed by atoms with Crippen LogP contribution in [0.15, 0.2) is 53.5 Å². The van der Waals surface area contributed by atoms with Crippen molar-refractivity contribution in [3.63, 3.8) is 0 Å². The molecule has 0 aliphatic carbocycles. The Kier molecular flexibility index (Phi) is 6.40. The summed E-state index contributed by atoms with van der Waals surface area (Å²) in [5.74, 6) is 1.75. The molecule has 0 radical (unpaired) electrons. The molecule has 0 aromatic heterocycles. The number of hydrogen-bond acceptors (Lipinski definition) is 4. The molecule has 1 atom stereocenters. The van der Waals surface area contributed by atoms with Gasteiger partial charge in [0.25, 0.3) is 0 Å². The van der Waals surface area contributed by atoms with Crippen LogP contribution in [0.3, 0.4) is 0 Å². The lowest BCUT2D eigenvalue weighted by molar-refractivity contribution is -0.0836. The maximum atomic E-state index is 6.01. The van der Waals surface area contributed by atoms with Crippen LogP contribution in [0.4, 0.5) is 0 Å². The predicted octanol–water partition coefficient (Wildman–Crippen LogP) is 5.04. The molecule has 0 amide bonds. The second kappa shape index (κ2) is 8.78. The van der Waals surface area contributed by atoms with Gasteiger partial charge in [0.15, 0.2) is 0 Å². The van der Waals surface area contributed by atoms with Gasteiger partial charge in [-0.1, -0.05) is 12.1 Å². The van der Waals surface area contributed by atoms with Crippen molar-refractivity contribution in [2.45, 2.75) is 44.1 Å². The molecule has 0 bridgehead atoms. The Morgan fingerprint density at radius 3 is 2.14 bits per heavy atom. The standard InChI is InChI=1S/C24H31NO3/c1-23(2)18-24(14-16-28-23,20-7-11-22(27-4)12-8-20)13-15-25-17-19-5-9-21(26-3)10-6-19/h5-12,17H,13-16,18H2,1-4H3/t24-/m1/s1. The van der Waals surface area contributed by atoms with Crippen LogP contribution in [0.2, 0.25) is 0 Å². The van der Waals surface area contributed by atoms with Crippen LogP contribution in [0, 0.1) is 0 Å². The predicted molar refractivity (Wildman–Crippen MR) is 114 cm³/mol. The van der Waals surface area contributed by atoms with Gasteiger partial charge >= 0.3 is 0 Å². The van der Waals surface area contributed by atoms with E-state index in [0.717, 1.165) is 49.5 Å². The van der Waals surface area contributed by atoms with Gasteiger partial charge in [-0.3, -0.25) is 4.99 Å². The van der Waals surface area contributed by atoms with Crippen molar-refractivity contribution < 1.29 is 14.2 Å². The van der Waals surface area contributed by atoms with Crippen LogP contribution < -0.4 is 9.47 Å². The average Bonchev–Trinajstić information content (AvgIpc) is 2.71. The van der Waals surface area contributed by atoms with Crippen molar-refractivity contribution >= 4 is 6.21 Å². The third kappa shape index (κ3) is 4.93. The van der Waals surface area contributed by atoms with E-state index in [9.17, 15) is 0 Å². The average molecular weight is 382 g/mol. The van der Waals surface area contributed by atoms with Crippen molar-refractivity contribution in [3.05, 3.63) is 59.7 Å². The summed E-state index contributed by atoms with van der Waals surface area (Å²) in [5.41, 5.74) is 2.39. The molecule has 1 aliphatic heterocycles. The van der Waals surface area contributed by atoms with E-state index < -0.39 is 0 Å². The molecule has 150 valence electrons. The highest BCUT2D eigenvalue weighted by Gasteiger charge is 2.41. The van der Waals surface area contributed by atoms with Crippen LogP contribution in [-0.2, 0) is 10.2 Å². The number of hydrogen-bond donors (Lipinski definition) is 0. The Morgan fingerprint density at radius 2 is 1.57 bits per heavy atom. The van der Waals surface area contributed by atoms with Gasteiger partial charge in [0, 0.05) is 24.8 Å². The largest absolute Gasteiger partial charge is 0.497 e. The van der Waals surface area contributed by atoms with Gasteiger partial charge in [0.2, 0.25) is 0 Å². The molecule has 0 N–H and O–H groups in total. The number of methoxy groups -OCH3 is 2. The Bertz CT molecular complexity index is 781. The number of rotatable bonds is 7. The van der Waals surface area contributed by atoms with Crippen molar-refractivity contribution in [2.75, 3.05) is 27.4 Å². The van der Waals surface area contributed by atoms with Crippen molar-refractivity contribution in [3.8, 4) is 11.5 Å². The zero-order chi connectivity index (χ0) is 20.0. The lowest BCUT2D eigenvalue weighted by Gasteiger charge is -2.45. The molecule has 0 unspecified atom stereocenters. The van der Waals surface area contributed by atoms with Gasteiger partial charge in [0.05, 0.1) is 19.8 Å². The van der Waals surface area contributed by atoms with Crippen LogP contribution >= 0.6 is 0 Å². The van der Waals surface area contributed by atoms with Gasteiger partial charge in [-0.05, 0) is 80.6 Å². The Morgan fingerprint density at radius 1 is 0.964 bits per heavy atom. The van der Waals surface area contributed by atoms with E-state index in [-0.39, 0.29) is 11.0 Å². The Balaban J connectivity index is 1.74.